The van der Waals surface area contributed by atoms with Gasteiger partial charge in [-0.05, 0) is 157 Å². The number of unbranched alkanes of at least 4 members (excludes halogenated alkanes) is 2. The Morgan fingerprint density at radius 2 is 1.42 bits per heavy atom. The number of ether oxygens (including phenoxy) is 14. The molecule has 9 N–H and O–H groups in total. The molecule has 5 aromatic rings. The van der Waals surface area contributed by atoms with Crippen molar-refractivity contribution in [2.24, 2.45) is 46.5 Å². The number of esters is 1. The third kappa shape index (κ3) is 32.2. The summed E-state index contributed by atoms with van der Waals surface area (Å²) in [6.45, 7) is 22.0. The molecular weight excluding hydrogens is 1650 g/mol. The lowest BCUT2D eigenvalue weighted by Gasteiger charge is -2.42. The molecule has 4 aliphatic rings. The second-order valence-electron chi connectivity index (χ2n) is 34.0. The van der Waals surface area contributed by atoms with Gasteiger partial charge in [-0.25, -0.2) is 24.1 Å². The fourth-order valence-corrected chi connectivity index (χ4v) is 16.8. The van der Waals surface area contributed by atoms with Gasteiger partial charge in [0.05, 0.1) is 148 Å². The van der Waals surface area contributed by atoms with Crippen LogP contribution in [0.1, 0.15) is 163 Å². The SMILES string of the molecule is CO[C@H]1C[C@@H]2CC[C@@H](C)[C@@](O)(O2)C(=O)C(=O)N2CCCC[C@H]2C(=O)O[C@H]([C@H](C)C[C@@H]2CC[C@@H](OCCCCc3cn(CCOCCOCCOCCOCCOCCOCCOCCOCCC(=O)NCCCCn4nc(-c5ccc6oc(N)nc6c5)c5c(N)ncnc54)nn3)[C@H](OC)C2)CC(=NN)[C@H](C)/C=C(\C)[C@@H](O)[C@@H](OC)C(=O)[C@H](C)C[C@H](C)/C=C/C=C/C=C/1C. The molecular formula is C92H142N14O22. The number of rotatable bonds is 45. The minimum Gasteiger partial charge on any atom is -0.460 e. The van der Waals surface area contributed by atoms with E-state index in [0.717, 1.165) is 61.8 Å². The van der Waals surface area contributed by atoms with Crippen molar-refractivity contribution in [1.29, 1.82) is 0 Å². The lowest BCUT2D eigenvalue weighted by Crippen LogP contribution is -2.61. The van der Waals surface area contributed by atoms with Gasteiger partial charge in [0, 0.05) is 102 Å². The molecule has 36 heteroatoms. The zero-order valence-electron chi connectivity index (χ0n) is 76.8. The molecule has 4 aromatic heterocycles. The van der Waals surface area contributed by atoms with Crippen molar-refractivity contribution in [3.63, 3.8) is 0 Å². The molecule has 7 heterocycles. The minimum absolute atomic E-state index is 0.00946. The quantitative estimate of drug-likeness (QED) is 0.00529. The molecule has 1 aromatic carbocycles. The molecule has 1 aliphatic carbocycles. The summed E-state index contributed by atoms with van der Waals surface area (Å²) in [6.07, 6.45) is 20.4. The molecule has 3 aliphatic heterocycles. The van der Waals surface area contributed by atoms with Gasteiger partial charge in [0.1, 0.15) is 47.7 Å². The maximum Gasteiger partial charge on any atom is 0.329 e. The third-order valence-corrected chi connectivity index (χ3v) is 24.3. The van der Waals surface area contributed by atoms with E-state index >= 15 is 0 Å². The number of nitrogens with two attached hydrogens (primary N) is 3. The maximum absolute atomic E-state index is 14.9. The van der Waals surface area contributed by atoms with Gasteiger partial charge in [-0.15, -0.1) is 5.10 Å². The summed E-state index contributed by atoms with van der Waals surface area (Å²) in [5.74, 6) is -0.819. The first-order valence-electron chi connectivity index (χ1n) is 45.7. The van der Waals surface area contributed by atoms with Crippen molar-refractivity contribution < 1.29 is 105 Å². The van der Waals surface area contributed by atoms with Crippen LogP contribution in [0.15, 0.2) is 87.8 Å². The fraction of sp³-hybridized carbons (Fsp3) is 0.696. The number of aliphatic hydroxyl groups excluding tert-OH is 1. The summed E-state index contributed by atoms with van der Waals surface area (Å²) in [5, 5.41) is 45.3. The highest BCUT2D eigenvalue weighted by Gasteiger charge is 2.53. The molecule has 2 bridgehead atoms. The first-order valence-corrected chi connectivity index (χ1v) is 45.7. The van der Waals surface area contributed by atoms with E-state index in [0.29, 0.717) is 222 Å². The predicted octanol–water partition coefficient (Wildman–Crippen LogP) is 8.80. The average molecular weight is 1800 g/mol. The molecule has 712 valence electrons. The Balaban J connectivity index is 0.591. The molecule has 2 saturated heterocycles. The number of hydrogen-bond donors (Lipinski definition) is 6. The Hall–Kier alpha value is -8.44. The van der Waals surface area contributed by atoms with E-state index in [9.17, 15) is 34.2 Å². The minimum atomic E-state index is -2.45. The number of cyclic esters (lactones) is 1. The zero-order valence-corrected chi connectivity index (χ0v) is 76.8. The van der Waals surface area contributed by atoms with Gasteiger partial charge < -0.3 is 108 Å². The normalized spacial score (nSPS) is 26.7. The largest absolute Gasteiger partial charge is 0.460 e. The number of nitrogens with one attached hydrogen (secondary N) is 1. The van der Waals surface area contributed by atoms with Gasteiger partial charge in [-0.3, -0.25) is 19.2 Å². The molecule has 0 spiro atoms. The molecule has 2 amide bonds. The van der Waals surface area contributed by atoms with Crippen LogP contribution in [0.5, 0.6) is 0 Å². The Bertz CT molecular complexity index is 4360. The molecule has 0 unspecified atom stereocenters. The highest BCUT2D eigenvalue weighted by atomic mass is 16.6. The van der Waals surface area contributed by atoms with Gasteiger partial charge in [0.15, 0.2) is 17.0 Å². The molecule has 128 heavy (non-hydrogen) atoms. The van der Waals surface area contributed by atoms with E-state index in [1.807, 2.05) is 83.3 Å². The van der Waals surface area contributed by atoms with Gasteiger partial charge in [-0.1, -0.05) is 76.3 Å². The number of carbonyl (C=O) groups excluding carboxylic acids is 5. The van der Waals surface area contributed by atoms with Crippen LogP contribution in [0.3, 0.4) is 0 Å². The molecule has 0 radical (unpaired) electrons. The van der Waals surface area contributed by atoms with Crippen LogP contribution in [-0.2, 0) is 110 Å². The summed E-state index contributed by atoms with van der Waals surface area (Å²) in [4.78, 5) is 84.6. The molecule has 15 atom stereocenters. The first-order chi connectivity index (χ1) is 61.9. The number of Topliss-reactive ketones (excluding diaryl/α,β-unsaturated/α-hetero) is 2. The van der Waals surface area contributed by atoms with Gasteiger partial charge >= 0.3 is 5.97 Å². The number of ketones is 2. The molecule has 1 saturated carbocycles. The van der Waals surface area contributed by atoms with Gasteiger partial charge in [0.25, 0.3) is 17.7 Å². The number of oxazole rings is 1. The summed E-state index contributed by atoms with van der Waals surface area (Å²) >= 11 is 0. The van der Waals surface area contributed by atoms with E-state index in [2.05, 4.69) is 35.7 Å². The topological polar surface area (TPSA) is 461 Å². The van der Waals surface area contributed by atoms with Crippen molar-refractivity contribution in [3.05, 3.63) is 84.0 Å². The van der Waals surface area contributed by atoms with Crippen LogP contribution >= 0.6 is 0 Å². The van der Waals surface area contributed by atoms with Crippen molar-refractivity contribution in [1.82, 2.24) is 49.9 Å². The fourth-order valence-electron chi connectivity index (χ4n) is 16.8. The van der Waals surface area contributed by atoms with Crippen LogP contribution in [0.2, 0.25) is 0 Å². The first kappa shape index (κ1) is 103. The predicted molar refractivity (Wildman–Crippen MR) is 479 cm³/mol. The maximum atomic E-state index is 14.9. The van der Waals surface area contributed by atoms with Gasteiger partial charge in [-0.2, -0.15) is 15.2 Å². The number of nitrogen functional groups attached to an aromatic ring is 2. The number of aromatic nitrogens is 8. The van der Waals surface area contributed by atoms with E-state index in [4.69, 9.17) is 93.1 Å². The van der Waals surface area contributed by atoms with Crippen LogP contribution in [0, 0.1) is 35.5 Å². The zero-order chi connectivity index (χ0) is 91.7. The number of methoxy groups -OCH3 is 3. The van der Waals surface area contributed by atoms with E-state index in [-0.39, 0.29) is 80.1 Å². The Morgan fingerprint density at radius 1 is 0.734 bits per heavy atom. The van der Waals surface area contributed by atoms with Crippen molar-refractivity contribution in [2.75, 3.05) is 158 Å². The van der Waals surface area contributed by atoms with Crippen LogP contribution < -0.4 is 22.6 Å². The highest BCUT2D eigenvalue weighted by molar-refractivity contribution is 6.39. The number of allylic oxidation sites excluding steroid dienone is 6. The standard InChI is InChI=1S/C92H142N14O22/c1-61-20-12-11-13-21-62(2)77(114-8)57-71-27-24-67(7)92(113,128-71)86(110)89(111)105-32-17-14-23-74(105)90(112)126-78(58-72(100-95)63(3)53-66(6)84(109)85(116-10)83(108)65(5)52-61)64(4)54-68-25-28-76(79(55-68)115-9)125-35-19-15-22-70-59-104(103-101-70)34-37-118-39-41-120-43-45-122-47-49-124-51-50-123-48-46-121-44-42-119-40-38-117-36-30-80(107)96-31-16-18-33-106-88-81(87(93)97-60-98-88)82(102-106)69-26-29-75-73(56-69)99-91(94)127-75/h11-13,20-21,26,29,53,56,59-61,63-65,67-68,71,74,76-79,84-85,109,113H,14-19,22-25,27-28,30-52,54-55,57-58,95H2,1-10H3,(H2,94,99)(H,96,107)(H2,93,97,98)/b13-11+,20-12+,62-21+,66-53+,100-72?/t61-,63-,64-,65-,67-,68+,71+,74+,76-,77+,78+,79-,84-,85+,92-/m1/s1. The summed E-state index contributed by atoms with van der Waals surface area (Å²) in [5.41, 5.74) is 17.9. The van der Waals surface area contributed by atoms with Crippen LogP contribution in [-0.4, -0.2) is 291 Å². The average Bonchev–Trinajstić information content (AvgIpc) is 1.60. The van der Waals surface area contributed by atoms with Crippen molar-refractivity contribution in [3.8, 4) is 11.3 Å². The number of benzene rings is 1. The molecule has 3 fully saturated rings. The summed E-state index contributed by atoms with van der Waals surface area (Å²) in [6, 6.07) is 4.45. The van der Waals surface area contributed by atoms with Gasteiger partial charge in [0.2, 0.25) is 11.7 Å². The summed E-state index contributed by atoms with van der Waals surface area (Å²) < 4.78 is 91.1. The second kappa shape index (κ2) is 55.0. The lowest BCUT2D eigenvalue weighted by molar-refractivity contribution is -0.265. The van der Waals surface area contributed by atoms with Crippen molar-refractivity contribution in [2.45, 2.75) is 232 Å². The number of aryl methyl sites for hydroxylation is 2. The lowest BCUT2D eigenvalue weighted by atomic mass is 9.78. The number of nitrogens with zero attached hydrogens (tertiary/aromatic N) is 10. The monoisotopic (exact) mass is 1800 g/mol. The Kier molecular flexibility index (Phi) is 44.4. The Morgan fingerprint density at radius 3 is 2.09 bits per heavy atom. The van der Waals surface area contributed by atoms with E-state index in [1.165, 1.54) is 18.3 Å². The number of aliphatic hydroxyl groups is 2. The van der Waals surface area contributed by atoms with Crippen molar-refractivity contribution >= 4 is 69.0 Å². The second-order valence-corrected chi connectivity index (χ2v) is 34.0. The van der Waals surface area contributed by atoms with E-state index in [1.54, 1.807) is 49.6 Å². The Labute approximate surface area is 752 Å². The van der Waals surface area contributed by atoms with Crippen LogP contribution in [0.25, 0.3) is 33.4 Å². The summed E-state index contributed by atoms with van der Waals surface area (Å²) in [7, 11) is 4.70. The number of anilines is 2. The van der Waals surface area contributed by atoms with Crippen LogP contribution in [0.4, 0.5) is 11.8 Å². The molecule has 9 rings (SSSR count). The highest BCUT2D eigenvalue weighted by Crippen LogP contribution is 2.40. The number of amides is 2. The van der Waals surface area contributed by atoms with E-state index < -0.39 is 77.8 Å². The third-order valence-electron chi connectivity index (χ3n) is 24.3. The number of hydrogen-bond acceptors (Lipinski definition) is 32. The smallest absolute Gasteiger partial charge is 0.329 e. The number of piperidine rings is 1. The number of carbonyl (C=O) groups is 5. The molecule has 36 nitrogen and oxygen atoms in total. The number of hydrazone groups is 1. The number of fused-ring (bicyclic) bond motifs is 5.